The van der Waals surface area contributed by atoms with Gasteiger partial charge >= 0.3 is 0 Å². The van der Waals surface area contributed by atoms with Gasteiger partial charge in [0.25, 0.3) is 0 Å². The topological polar surface area (TPSA) is 79.0 Å². The third-order valence-corrected chi connectivity index (χ3v) is 5.85. The summed E-state index contributed by atoms with van der Waals surface area (Å²) in [7, 11) is -3.36. The monoisotopic (exact) mass is 335 g/mol. The average Bonchev–Trinajstić information content (AvgIpc) is 2.53. The molecule has 0 aliphatic carbocycles. The predicted molar refractivity (Wildman–Crippen MR) is 86.2 cm³/mol. The van der Waals surface area contributed by atoms with Gasteiger partial charge in [0, 0.05) is 32.1 Å². The molecule has 1 amide bonds. The highest BCUT2D eigenvalue weighted by Gasteiger charge is 2.24. The quantitative estimate of drug-likeness (QED) is 0.636. The number of morpholine rings is 1. The van der Waals surface area contributed by atoms with E-state index in [9.17, 15) is 13.2 Å². The van der Waals surface area contributed by atoms with Crippen LogP contribution in [0.15, 0.2) is 0 Å². The summed E-state index contributed by atoms with van der Waals surface area (Å²) in [6, 6.07) is 0.245. The molecule has 22 heavy (non-hydrogen) atoms. The number of ether oxygens (including phenoxy) is 1. The average molecular weight is 335 g/mol. The van der Waals surface area contributed by atoms with E-state index in [0.717, 1.165) is 13.1 Å². The minimum absolute atomic E-state index is 0.00462. The van der Waals surface area contributed by atoms with Gasteiger partial charge in [-0.2, -0.15) is 4.31 Å². The van der Waals surface area contributed by atoms with Crippen molar-refractivity contribution in [2.75, 3.05) is 51.7 Å². The Morgan fingerprint density at radius 1 is 1.27 bits per heavy atom. The number of rotatable bonds is 9. The number of amides is 1. The van der Waals surface area contributed by atoms with Crippen LogP contribution < -0.4 is 5.32 Å². The molecular weight excluding hydrogens is 306 g/mol. The van der Waals surface area contributed by atoms with Crippen LogP contribution in [0.4, 0.5) is 0 Å². The highest BCUT2D eigenvalue weighted by atomic mass is 32.2. The molecule has 1 fully saturated rings. The molecule has 8 heteroatoms. The fraction of sp³-hybridized carbons (Fsp3) is 0.929. The van der Waals surface area contributed by atoms with Gasteiger partial charge in [-0.15, -0.1) is 0 Å². The van der Waals surface area contributed by atoms with Crippen molar-refractivity contribution >= 4 is 15.9 Å². The number of nitrogens with zero attached hydrogens (tertiary/aromatic N) is 2. The highest BCUT2D eigenvalue weighted by molar-refractivity contribution is 7.89. The minimum Gasteiger partial charge on any atom is -0.379 e. The van der Waals surface area contributed by atoms with E-state index in [4.69, 9.17) is 4.74 Å². The SMILES string of the molecule is CCN(CC)C(C)CNC(=O)CCS(=O)(=O)N1CCOCC1. The van der Waals surface area contributed by atoms with E-state index in [1.165, 1.54) is 4.31 Å². The summed E-state index contributed by atoms with van der Waals surface area (Å²) in [5.74, 6) is -0.353. The van der Waals surface area contributed by atoms with Crippen molar-refractivity contribution < 1.29 is 17.9 Å². The molecule has 0 aromatic rings. The summed E-state index contributed by atoms with van der Waals surface area (Å²) < 4.78 is 30.8. The zero-order chi connectivity index (χ0) is 16.6. The normalized spacial score (nSPS) is 18.4. The third-order valence-electron chi connectivity index (χ3n) is 3.98. The summed E-state index contributed by atoms with van der Waals surface area (Å²) >= 11 is 0. The molecular formula is C14H29N3O4S. The lowest BCUT2D eigenvalue weighted by Crippen LogP contribution is -2.44. The molecule has 0 aromatic carbocycles. The molecule has 1 heterocycles. The van der Waals surface area contributed by atoms with Crippen molar-refractivity contribution in [2.24, 2.45) is 0 Å². The summed E-state index contributed by atoms with van der Waals surface area (Å²) in [5.41, 5.74) is 0. The number of hydrogen-bond donors (Lipinski definition) is 1. The molecule has 130 valence electrons. The maximum absolute atomic E-state index is 12.1. The summed E-state index contributed by atoms with van der Waals surface area (Å²) in [5, 5.41) is 2.82. The van der Waals surface area contributed by atoms with Crippen LogP contribution in [0.2, 0.25) is 0 Å². The zero-order valence-electron chi connectivity index (χ0n) is 13.9. The van der Waals surface area contributed by atoms with Crippen LogP contribution in [0.25, 0.3) is 0 Å². The van der Waals surface area contributed by atoms with Gasteiger partial charge in [-0.25, -0.2) is 8.42 Å². The van der Waals surface area contributed by atoms with Gasteiger partial charge < -0.3 is 10.1 Å². The van der Waals surface area contributed by atoms with Crippen LogP contribution in [0.3, 0.4) is 0 Å². The Hall–Kier alpha value is -0.700. The van der Waals surface area contributed by atoms with Gasteiger partial charge in [-0.3, -0.25) is 9.69 Å². The van der Waals surface area contributed by atoms with Crippen LogP contribution in [0.5, 0.6) is 0 Å². The van der Waals surface area contributed by atoms with Crippen molar-refractivity contribution in [2.45, 2.75) is 33.2 Å². The van der Waals surface area contributed by atoms with E-state index in [1.807, 2.05) is 0 Å². The number of sulfonamides is 1. The molecule has 0 bridgehead atoms. The predicted octanol–water partition coefficient (Wildman–Crippen LogP) is -0.115. The van der Waals surface area contributed by atoms with Gasteiger partial charge in [0.05, 0.1) is 19.0 Å². The van der Waals surface area contributed by atoms with E-state index in [1.54, 1.807) is 0 Å². The zero-order valence-corrected chi connectivity index (χ0v) is 14.7. The Bertz CT molecular complexity index is 431. The Morgan fingerprint density at radius 3 is 2.41 bits per heavy atom. The molecule has 1 rings (SSSR count). The molecule has 1 atom stereocenters. The third kappa shape index (κ3) is 6.20. The smallest absolute Gasteiger partial charge is 0.221 e. The Kier molecular flexibility index (Phi) is 8.30. The van der Waals surface area contributed by atoms with Crippen molar-refractivity contribution in [1.82, 2.24) is 14.5 Å². The van der Waals surface area contributed by atoms with E-state index in [0.29, 0.717) is 32.8 Å². The lowest BCUT2D eigenvalue weighted by atomic mass is 10.2. The summed E-state index contributed by atoms with van der Waals surface area (Å²) in [6.45, 7) is 10.2. The minimum atomic E-state index is -3.36. The number of hydrogen-bond acceptors (Lipinski definition) is 5. The summed E-state index contributed by atoms with van der Waals surface area (Å²) in [4.78, 5) is 14.1. The van der Waals surface area contributed by atoms with E-state index < -0.39 is 10.0 Å². The molecule has 0 spiro atoms. The number of carbonyl (C=O) groups excluding carboxylic acids is 1. The Labute approximate surface area is 134 Å². The Balaban J connectivity index is 2.33. The Morgan fingerprint density at radius 2 is 1.86 bits per heavy atom. The van der Waals surface area contributed by atoms with Gasteiger partial charge in [0.2, 0.25) is 15.9 Å². The largest absolute Gasteiger partial charge is 0.379 e. The second-order valence-corrected chi connectivity index (χ2v) is 7.54. The molecule has 1 aliphatic heterocycles. The molecule has 7 nitrogen and oxygen atoms in total. The molecule has 1 unspecified atom stereocenters. The van der Waals surface area contributed by atoms with Crippen molar-refractivity contribution in [3.63, 3.8) is 0 Å². The van der Waals surface area contributed by atoms with Crippen LogP contribution in [-0.4, -0.2) is 81.3 Å². The first-order valence-corrected chi connectivity index (χ1v) is 9.58. The fourth-order valence-electron chi connectivity index (χ4n) is 2.50. The first-order chi connectivity index (χ1) is 10.4. The van der Waals surface area contributed by atoms with Gasteiger partial charge in [0.1, 0.15) is 0 Å². The fourth-order valence-corrected chi connectivity index (χ4v) is 3.91. The first kappa shape index (κ1) is 19.3. The van der Waals surface area contributed by atoms with Gasteiger partial charge in [0.15, 0.2) is 0 Å². The molecule has 1 N–H and O–H groups in total. The molecule has 1 aliphatic rings. The summed E-state index contributed by atoms with van der Waals surface area (Å²) in [6.07, 6.45) is 0.00462. The maximum atomic E-state index is 12.1. The van der Waals surface area contributed by atoms with Gasteiger partial charge in [-0.05, 0) is 20.0 Å². The van der Waals surface area contributed by atoms with E-state index in [2.05, 4.69) is 31.0 Å². The maximum Gasteiger partial charge on any atom is 0.221 e. The first-order valence-electron chi connectivity index (χ1n) is 7.97. The molecule has 1 saturated heterocycles. The van der Waals surface area contributed by atoms with E-state index >= 15 is 0 Å². The molecule has 0 saturated carbocycles. The van der Waals surface area contributed by atoms with Crippen LogP contribution in [0.1, 0.15) is 27.2 Å². The molecule has 0 radical (unpaired) electrons. The lowest BCUT2D eigenvalue weighted by molar-refractivity contribution is -0.120. The number of likely N-dealkylation sites (N-methyl/N-ethyl adjacent to an activating group) is 1. The van der Waals surface area contributed by atoms with Crippen molar-refractivity contribution in [3.05, 3.63) is 0 Å². The van der Waals surface area contributed by atoms with E-state index in [-0.39, 0.29) is 24.1 Å². The van der Waals surface area contributed by atoms with Crippen molar-refractivity contribution in [1.29, 1.82) is 0 Å². The van der Waals surface area contributed by atoms with Crippen molar-refractivity contribution in [3.8, 4) is 0 Å². The second-order valence-electron chi connectivity index (χ2n) is 5.45. The highest BCUT2D eigenvalue weighted by Crippen LogP contribution is 2.07. The van der Waals surface area contributed by atoms with Gasteiger partial charge in [-0.1, -0.05) is 13.8 Å². The lowest BCUT2D eigenvalue weighted by Gasteiger charge is -2.27. The number of nitrogens with one attached hydrogen (secondary N) is 1. The van der Waals surface area contributed by atoms with Crippen LogP contribution in [-0.2, 0) is 19.6 Å². The standard InChI is InChI=1S/C14H29N3O4S/c1-4-16(5-2)13(3)12-15-14(18)6-11-22(19,20)17-7-9-21-10-8-17/h13H,4-12H2,1-3H3,(H,15,18). The van der Waals surface area contributed by atoms with Crippen LogP contribution in [0, 0.1) is 0 Å². The van der Waals surface area contributed by atoms with Crippen LogP contribution >= 0.6 is 0 Å². The molecule has 0 aromatic heterocycles. The number of carbonyl (C=O) groups is 1. The second kappa shape index (κ2) is 9.44.